The largest absolute Gasteiger partial charge is 0.481 e. The van der Waals surface area contributed by atoms with Crippen LogP contribution in [-0.4, -0.2) is 123 Å². The normalized spacial score (nSPS) is 20.4. The molecule has 3 rings (SSSR count). The van der Waals surface area contributed by atoms with E-state index in [4.69, 9.17) is 19.5 Å². The number of nitrogens with two attached hydrogens (primary N) is 1. The van der Waals surface area contributed by atoms with Crippen LogP contribution in [0, 0.1) is 5.41 Å². The number of aliphatic hydroxyl groups excluding tert-OH is 2. The van der Waals surface area contributed by atoms with E-state index >= 15 is 0 Å². The second-order valence-electron chi connectivity index (χ2n) is 16.0. The summed E-state index contributed by atoms with van der Waals surface area (Å²) in [5.74, 6) is -1.17. The SMILES string of the molecule is CCCCC/C=C\C/C=C\C/C=C\C/C=C\C/C=C/C(=O)SCCNC(=O)CCNC(=O)[C@H](O)C(C)(C)COP(=O)(O)OP(=O)(O)OC[C@H]1O[C@@H](n2cnc3c(N)ncnc32)[C@H](O)[C@@H]1OP(=O)(O)O. The van der Waals surface area contributed by atoms with E-state index in [1.807, 2.05) is 12.2 Å². The fourth-order valence-electron chi connectivity index (χ4n) is 6.11. The van der Waals surface area contributed by atoms with Crippen molar-refractivity contribution in [2.75, 3.05) is 37.8 Å². The fraction of sp³-hybridized carbons (Fsp3) is 0.561. The van der Waals surface area contributed by atoms with E-state index in [1.54, 1.807) is 6.08 Å². The number of ether oxygens (including phenoxy) is 1. The molecule has 1 fully saturated rings. The number of amides is 2. The molecule has 0 radical (unpaired) electrons. The van der Waals surface area contributed by atoms with Crippen molar-refractivity contribution in [2.24, 2.45) is 5.41 Å². The van der Waals surface area contributed by atoms with Gasteiger partial charge in [0.25, 0.3) is 0 Å². The number of unbranched alkanes of at least 4 members (excludes halogenated alkanes) is 3. The van der Waals surface area contributed by atoms with Gasteiger partial charge in [-0.1, -0.05) is 100 Å². The van der Waals surface area contributed by atoms with Gasteiger partial charge in [0.1, 0.15) is 36.3 Å². The third-order valence-corrected chi connectivity index (χ3v) is 13.7. The first-order valence-corrected chi connectivity index (χ1v) is 27.4. The average molecular weight is 1050 g/mol. The van der Waals surface area contributed by atoms with Gasteiger partial charge in [0, 0.05) is 30.7 Å². The van der Waals surface area contributed by atoms with Crippen LogP contribution in [0.25, 0.3) is 11.2 Å². The first-order chi connectivity index (χ1) is 32.6. The number of phosphoric acid groups is 3. The molecule has 2 aromatic heterocycles. The second-order valence-corrected chi connectivity index (χ2v) is 21.3. The summed E-state index contributed by atoms with van der Waals surface area (Å²) in [6, 6.07) is 0. The van der Waals surface area contributed by atoms with Crippen LogP contribution in [0.4, 0.5) is 5.82 Å². The molecule has 7 atom stereocenters. The van der Waals surface area contributed by atoms with Gasteiger partial charge in [0.05, 0.1) is 19.5 Å². The van der Waals surface area contributed by atoms with Gasteiger partial charge in [0.2, 0.25) is 16.9 Å². The number of anilines is 1. The number of carbonyl (C=O) groups excluding carboxylic acids is 3. The van der Waals surface area contributed by atoms with Crippen molar-refractivity contribution in [3.05, 3.63) is 73.4 Å². The highest BCUT2D eigenvalue weighted by Crippen LogP contribution is 2.61. The van der Waals surface area contributed by atoms with Crippen LogP contribution in [0.15, 0.2) is 73.4 Å². The predicted octanol–water partition coefficient (Wildman–Crippen LogP) is 4.59. The summed E-state index contributed by atoms with van der Waals surface area (Å²) in [6.45, 7) is 2.65. The molecular weight excluding hydrogens is 987 g/mol. The molecule has 1 aliphatic heterocycles. The lowest BCUT2D eigenvalue weighted by molar-refractivity contribution is -0.137. The van der Waals surface area contributed by atoms with Crippen molar-refractivity contribution in [3.8, 4) is 0 Å². The molecule has 0 aromatic carbocycles. The Bertz CT molecular complexity index is 2270. The zero-order valence-electron chi connectivity index (χ0n) is 38.5. The summed E-state index contributed by atoms with van der Waals surface area (Å²) >= 11 is 1.03. The number of imidazole rings is 1. The van der Waals surface area contributed by atoms with E-state index in [0.29, 0.717) is 12.2 Å². The molecule has 1 saturated heterocycles. The Kier molecular flexibility index (Phi) is 25.5. The Morgan fingerprint density at radius 2 is 1.52 bits per heavy atom. The molecule has 386 valence electrons. The summed E-state index contributed by atoms with van der Waals surface area (Å²) in [6.07, 6.45) is 21.3. The van der Waals surface area contributed by atoms with Crippen molar-refractivity contribution in [2.45, 2.75) is 109 Å². The molecule has 0 bridgehead atoms. The van der Waals surface area contributed by atoms with Gasteiger partial charge >= 0.3 is 23.5 Å². The summed E-state index contributed by atoms with van der Waals surface area (Å²) in [4.78, 5) is 88.2. The molecule has 28 heteroatoms. The lowest BCUT2D eigenvalue weighted by Gasteiger charge is -2.30. The number of nitrogens with one attached hydrogen (secondary N) is 2. The molecular formula is C41H64N7O17P3S. The number of thioether (sulfide) groups is 1. The maximum atomic E-state index is 12.7. The molecule has 1 aliphatic rings. The van der Waals surface area contributed by atoms with Crippen LogP contribution in [0.2, 0.25) is 0 Å². The molecule has 3 heterocycles. The van der Waals surface area contributed by atoms with Gasteiger partial charge in [0.15, 0.2) is 17.7 Å². The van der Waals surface area contributed by atoms with E-state index in [-0.39, 0.29) is 41.6 Å². The Hall–Kier alpha value is -3.74. The molecule has 0 aliphatic carbocycles. The fourth-order valence-corrected chi connectivity index (χ4v) is 9.54. The van der Waals surface area contributed by atoms with Crippen LogP contribution in [0.5, 0.6) is 0 Å². The number of hydrogen-bond acceptors (Lipinski definition) is 18. The van der Waals surface area contributed by atoms with Gasteiger partial charge in [-0.05, 0) is 44.6 Å². The number of rotatable bonds is 32. The van der Waals surface area contributed by atoms with Crippen LogP contribution < -0.4 is 16.4 Å². The Morgan fingerprint density at radius 1 is 0.899 bits per heavy atom. The highest BCUT2D eigenvalue weighted by molar-refractivity contribution is 8.14. The van der Waals surface area contributed by atoms with Gasteiger partial charge in [-0.2, -0.15) is 4.31 Å². The maximum absolute atomic E-state index is 12.7. The number of nitrogens with zero attached hydrogens (tertiary/aromatic N) is 4. The topological polar surface area (TPSA) is 364 Å². The van der Waals surface area contributed by atoms with Gasteiger partial charge in [-0.25, -0.2) is 28.6 Å². The molecule has 69 heavy (non-hydrogen) atoms. The van der Waals surface area contributed by atoms with Crippen molar-refractivity contribution in [1.29, 1.82) is 0 Å². The molecule has 0 spiro atoms. The Morgan fingerprint density at radius 3 is 2.16 bits per heavy atom. The molecule has 10 N–H and O–H groups in total. The number of allylic oxidation sites excluding steroid dienone is 9. The van der Waals surface area contributed by atoms with Crippen LogP contribution in [0.3, 0.4) is 0 Å². The highest BCUT2D eigenvalue weighted by Gasteiger charge is 2.50. The summed E-state index contributed by atoms with van der Waals surface area (Å²) in [5.41, 5.74) is 4.26. The quantitative estimate of drug-likeness (QED) is 0.0209. The van der Waals surface area contributed by atoms with E-state index in [1.165, 1.54) is 39.2 Å². The minimum Gasteiger partial charge on any atom is -0.386 e. The molecule has 2 unspecified atom stereocenters. The monoisotopic (exact) mass is 1050 g/mol. The number of nitrogen functional groups attached to an aromatic ring is 1. The maximum Gasteiger partial charge on any atom is 0.481 e. The number of aliphatic hydroxyl groups is 2. The first kappa shape index (κ1) is 59.6. The number of hydrogen-bond donors (Lipinski definition) is 9. The zero-order valence-corrected chi connectivity index (χ0v) is 42.0. The minimum atomic E-state index is -5.58. The van der Waals surface area contributed by atoms with Gasteiger partial charge < -0.3 is 50.9 Å². The Balaban J connectivity index is 1.32. The van der Waals surface area contributed by atoms with Gasteiger partial charge in [-0.15, -0.1) is 0 Å². The summed E-state index contributed by atoms with van der Waals surface area (Å²) in [5, 5.41) is 26.4. The Labute approximate surface area is 404 Å². The standard InChI is InChI=1S/C41H64N7O17P3S/c1-4-5-6-7-8-9-10-11-12-13-14-15-16-17-18-19-20-21-32(50)69-25-24-43-31(49)22-23-44-39(53)36(52)41(2,3)27-62-68(59,60)65-67(57,58)61-26-30-35(64-66(54,55)56)34(51)40(63-30)48-29-47-33-37(42)45-28-46-38(33)48/h8-9,11-12,14-15,17-18,20-21,28-30,34-36,40,51-52H,4-7,10,13,16,19,22-27H2,1-3H3,(H,43,49)(H,44,53)(H,57,58)(H,59,60)(H2,42,45,46)(H2,54,55,56)/b9-8-,12-11-,15-14-,18-17-,21-20+/t30-,34-,35-,36+,40-/m1/s1. The minimum absolute atomic E-state index is 0.0289. The molecule has 2 amide bonds. The highest BCUT2D eigenvalue weighted by atomic mass is 32.2. The van der Waals surface area contributed by atoms with Crippen LogP contribution >= 0.6 is 35.2 Å². The average Bonchev–Trinajstić information content (AvgIpc) is 3.84. The first-order valence-electron chi connectivity index (χ1n) is 21.9. The zero-order chi connectivity index (χ0) is 51.1. The van der Waals surface area contributed by atoms with Crippen molar-refractivity contribution < 1.29 is 80.5 Å². The van der Waals surface area contributed by atoms with E-state index < -0.39 is 84.6 Å². The third-order valence-electron chi connectivity index (χ3n) is 9.73. The molecule has 0 saturated carbocycles. The van der Waals surface area contributed by atoms with E-state index in [0.717, 1.165) is 54.7 Å². The summed E-state index contributed by atoms with van der Waals surface area (Å²) < 4.78 is 62.4. The molecule has 24 nitrogen and oxygen atoms in total. The number of phosphoric ester groups is 3. The molecule has 2 aromatic rings. The number of aromatic nitrogens is 4. The van der Waals surface area contributed by atoms with Crippen molar-refractivity contribution in [1.82, 2.24) is 30.2 Å². The van der Waals surface area contributed by atoms with E-state index in [9.17, 15) is 57.9 Å². The van der Waals surface area contributed by atoms with Crippen molar-refractivity contribution >= 4 is 69.1 Å². The number of fused-ring (bicyclic) bond motifs is 1. The van der Waals surface area contributed by atoms with Crippen LogP contribution in [-0.2, 0) is 50.7 Å². The third kappa shape index (κ3) is 22.5. The number of carbonyl (C=O) groups is 3. The predicted molar refractivity (Wildman–Crippen MR) is 255 cm³/mol. The van der Waals surface area contributed by atoms with E-state index in [2.05, 4.69) is 77.8 Å². The van der Waals surface area contributed by atoms with Crippen molar-refractivity contribution in [3.63, 3.8) is 0 Å². The van der Waals surface area contributed by atoms with Gasteiger partial charge in [-0.3, -0.25) is 32.5 Å². The smallest absolute Gasteiger partial charge is 0.386 e. The second kappa shape index (κ2) is 29.6. The summed E-state index contributed by atoms with van der Waals surface area (Å²) in [7, 11) is -16.4. The van der Waals surface area contributed by atoms with Crippen LogP contribution in [0.1, 0.15) is 84.8 Å². The lowest BCUT2D eigenvalue weighted by Crippen LogP contribution is -2.46. The lowest BCUT2D eigenvalue weighted by atomic mass is 9.87.